The summed E-state index contributed by atoms with van der Waals surface area (Å²) in [7, 11) is 0. The first-order chi connectivity index (χ1) is 13.5. The van der Waals surface area contributed by atoms with Gasteiger partial charge in [0.25, 0.3) is 0 Å². The highest BCUT2D eigenvalue weighted by molar-refractivity contribution is 7.15. The van der Waals surface area contributed by atoms with Crippen LogP contribution in [0.5, 0.6) is 0 Å². The molecule has 0 amide bonds. The van der Waals surface area contributed by atoms with Gasteiger partial charge >= 0.3 is 0 Å². The number of thiophene rings is 1. The van der Waals surface area contributed by atoms with Gasteiger partial charge in [-0.05, 0) is 26.1 Å². The maximum atomic E-state index is 6.32. The van der Waals surface area contributed by atoms with Gasteiger partial charge in [-0.2, -0.15) is 0 Å². The van der Waals surface area contributed by atoms with Crippen molar-refractivity contribution in [3.05, 3.63) is 89.0 Å². The van der Waals surface area contributed by atoms with Crippen LogP contribution >= 0.6 is 22.9 Å². The molecule has 1 aromatic carbocycles. The summed E-state index contributed by atoms with van der Waals surface area (Å²) in [5, 5.41) is 9.55. The number of hydrogen-bond donors (Lipinski definition) is 2. The lowest BCUT2D eigenvalue weighted by Crippen LogP contribution is -1.99. The molecule has 28 heavy (non-hydrogen) atoms. The van der Waals surface area contributed by atoms with Crippen molar-refractivity contribution in [3.8, 4) is 0 Å². The minimum atomic E-state index is 0.743. The van der Waals surface area contributed by atoms with Crippen LogP contribution in [-0.4, -0.2) is 4.98 Å². The molecule has 0 saturated heterocycles. The van der Waals surface area contributed by atoms with E-state index >= 15 is 0 Å². The summed E-state index contributed by atoms with van der Waals surface area (Å²) in [5.41, 5.74) is 3.62. The van der Waals surface area contributed by atoms with Gasteiger partial charge < -0.3 is 10.6 Å². The molecule has 0 unspecified atom stereocenters. The number of allylic oxidation sites excluding steroid dienone is 4. The average Bonchev–Trinajstić information content (AvgIpc) is 3.10. The van der Waals surface area contributed by atoms with E-state index in [1.165, 1.54) is 0 Å². The van der Waals surface area contributed by atoms with Crippen LogP contribution in [0.2, 0.25) is 0 Å². The molecule has 0 fully saturated rings. The molecule has 0 aliphatic carbocycles. The topological polar surface area (TPSA) is 37.0 Å². The Kier molecular flexibility index (Phi) is 6.34. The zero-order chi connectivity index (χ0) is 20.1. The van der Waals surface area contributed by atoms with Crippen LogP contribution in [-0.2, 0) is 0 Å². The minimum Gasteiger partial charge on any atom is -0.361 e. The lowest BCUT2D eigenvalue weighted by Gasteiger charge is -2.12. The highest BCUT2D eigenvalue weighted by atomic mass is 35.5. The summed E-state index contributed by atoms with van der Waals surface area (Å²) in [6.45, 7) is 11.9. The van der Waals surface area contributed by atoms with Crippen LogP contribution in [0, 0.1) is 0 Å². The third kappa shape index (κ3) is 4.19. The van der Waals surface area contributed by atoms with Gasteiger partial charge in [-0.1, -0.05) is 61.2 Å². The van der Waals surface area contributed by atoms with E-state index in [1.54, 1.807) is 17.5 Å². The Morgan fingerprint density at radius 3 is 2.71 bits per heavy atom. The van der Waals surface area contributed by atoms with Crippen molar-refractivity contribution in [3.63, 3.8) is 0 Å². The predicted molar refractivity (Wildman–Crippen MR) is 126 cm³/mol. The van der Waals surface area contributed by atoms with Crippen molar-refractivity contribution < 1.29 is 0 Å². The van der Waals surface area contributed by atoms with Crippen molar-refractivity contribution in [2.45, 2.75) is 13.8 Å². The molecule has 142 valence electrons. The number of rotatable bonds is 7. The van der Waals surface area contributed by atoms with Crippen molar-refractivity contribution in [1.29, 1.82) is 0 Å². The molecule has 0 saturated carbocycles. The Bertz CT molecular complexity index is 1080. The Morgan fingerprint density at radius 2 is 2.00 bits per heavy atom. The Hall–Kier alpha value is -2.82. The molecular formula is C23H22ClN3S. The molecule has 5 heteroatoms. The average molecular weight is 408 g/mol. The number of pyridine rings is 1. The normalized spacial score (nSPS) is 12.1. The van der Waals surface area contributed by atoms with Crippen LogP contribution in [0.4, 0.5) is 11.4 Å². The maximum Gasteiger partial charge on any atom is 0.0740 e. The van der Waals surface area contributed by atoms with E-state index in [9.17, 15) is 0 Å². The lowest BCUT2D eigenvalue weighted by atomic mass is 10.1. The summed E-state index contributed by atoms with van der Waals surface area (Å²) in [5.74, 6) is 0. The lowest BCUT2D eigenvalue weighted by molar-refractivity contribution is 1.36. The van der Waals surface area contributed by atoms with E-state index in [0.29, 0.717) is 0 Å². The summed E-state index contributed by atoms with van der Waals surface area (Å²) in [6, 6.07) is 10.2. The Labute approximate surface area is 174 Å². The number of hydrogen-bond acceptors (Lipinski definition) is 4. The summed E-state index contributed by atoms with van der Waals surface area (Å²) in [4.78, 5) is 6.38. The highest BCUT2D eigenvalue weighted by Gasteiger charge is 2.15. The van der Waals surface area contributed by atoms with E-state index in [1.807, 2.05) is 56.6 Å². The van der Waals surface area contributed by atoms with Crippen molar-refractivity contribution in [1.82, 2.24) is 4.98 Å². The summed E-state index contributed by atoms with van der Waals surface area (Å²) >= 11 is 7.94. The van der Waals surface area contributed by atoms with Crippen molar-refractivity contribution in [2.75, 3.05) is 10.6 Å². The second kappa shape index (κ2) is 8.91. The smallest absolute Gasteiger partial charge is 0.0740 e. The summed E-state index contributed by atoms with van der Waals surface area (Å²) in [6.07, 6.45) is 9.33. The first kappa shape index (κ1) is 19.9. The molecule has 0 aliphatic rings. The number of aromatic nitrogens is 1. The van der Waals surface area contributed by atoms with Crippen LogP contribution in [0.3, 0.4) is 0 Å². The number of benzene rings is 1. The van der Waals surface area contributed by atoms with Crippen molar-refractivity contribution in [2.24, 2.45) is 0 Å². The molecule has 2 heterocycles. The standard InChI is InChI=1S/C23H22ClN3S/c1-5-9-18(15(3)24)22-12-20(26-6-2)23(28-22)16(4)27-21-14-25-13-17-10-7-8-11-19(17)21/h5-14,26-27H,2,4H2,1,3H3/b9-5-,18-15-. The second-order valence-electron chi connectivity index (χ2n) is 6.16. The first-order valence-corrected chi connectivity index (χ1v) is 10.0. The fourth-order valence-electron chi connectivity index (χ4n) is 2.93. The Morgan fingerprint density at radius 1 is 1.21 bits per heavy atom. The highest BCUT2D eigenvalue weighted by Crippen LogP contribution is 2.39. The van der Waals surface area contributed by atoms with Gasteiger partial charge in [0, 0.05) is 32.5 Å². The maximum absolute atomic E-state index is 6.32. The number of anilines is 2. The minimum absolute atomic E-state index is 0.743. The quantitative estimate of drug-likeness (QED) is 0.398. The molecule has 0 bridgehead atoms. The van der Waals surface area contributed by atoms with Crippen molar-refractivity contribution >= 4 is 56.4 Å². The molecule has 3 aromatic rings. The largest absolute Gasteiger partial charge is 0.361 e. The number of nitrogens with one attached hydrogen (secondary N) is 2. The van der Waals surface area contributed by atoms with Gasteiger partial charge in [0.15, 0.2) is 0 Å². The van der Waals surface area contributed by atoms with Gasteiger partial charge in [0.05, 0.1) is 28.1 Å². The SMILES string of the molecule is C=CNc1cc(C(/C=C\C)=C(/C)Cl)sc1C(=C)Nc1cncc2ccccc12. The third-order valence-corrected chi connectivity index (χ3v) is 5.62. The van der Waals surface area contributed by atoms with Crippen LogP contribution in [0.1, 0.15) is 23.6 Å². The number of halogens is 1. The monoisotopic (exact) mass is 407 g/mol. The zero-order valence-electron chi connectivity index (χ0n) is 15.9. The number of nitrogens with zero attached hydrogens (tertiary/aromatic N) is 1. The zero-order valence-corrected chi connectivity index (χ0v) is 17.5. The Balaban J connectivity index is 2.01. The van der Waals surface area contributed by atoms with Crippen LogP contribution in [0.15, 0.2) is 79.3 Å². The second-order valence-corrected chi connectivity index (χ2v) is 7.78. The van der Waals surface area contributed by atoms with E-state index in [-0.39, 0.29) is 0 Å². The van der Waals surface area contributed by atoms with Gasteiger partial charge in [-0.3, -0.25) is 4.98 Å². The van der Waals surface area contributed by atoms with Crippen LogP contribution < -0.4 is 10.6 Å². The fraction of sp³-hybridized carbons (Fsp3) is 0.0870. The first-order valence-electron chi connectivity index (χ1n) is 8.85. The predicted octanol–water partition coefficient (Wildman–Crippen LogP) is 7.48. The molecule has 0 radical (unpaired) electrons. The fourth-order valence-corrected chi connectivity index (χ4v) is 4.28. The molecule has 3 rings (SSSR count). The van der Waals surface area contributed by atoms with E-state index < -0.39 is 0 Å². The third-order valence-electron chi connectivity index (χ3n) is 4.19. The van der Waals surface area contributed by atoms with E-state index in [0.717, 1.165) is 48.2 Å². The molecule has 3 nitrogen and oxygen atoms in total. The molecular weight excluding hydrogens is 386 g/mol. The number of fused-ring (bicyclic) bond motifs is 1. The van der Waals surface area contributed by atoms with Gasteiger partial charge in [0.2, 0.25) is 0 Å². The molecule has 2 aromatic heterocycles. The molecule has 0 spiro atoms. The molecule has 0 atom stereocenters. The van der Waals surface area contributed by atoms with Gasteiger partial charge in [0.1, 0.15) is 0 Å². The van der Waals surface area contributed by atoms with E-state index in [2.05, 4.69) is 40.9 Å². The molecule has 0 aliphatic heterocycles. The van der Waals surface area contributed by atoms with E-state index in [4.69, 9.17) is 11.6 Å². The van der Waals surface area contributed by atoms with Gasteiger partial charge in [-0.15, -0.1) is 11.3 Å². The summed E-state index contributed by atoms with van der Waals surface area (Å²) < 4.78 is 0. The van der Waals surface area contributed by atoms with Gasteiger partial charge in [-0.25, -0.2) is 0 Å². The van der Waals surface area contributed by atoms with Crippen LogP contribution in [0.25, 0.3) is 22.0 Å². The molecule has 2 N–H and O–H groups in total.